The zero-order valence-electron chi connectivity index (χ0n) is 26.3. The van der Waals surface area contributed by atoms with Gasteiger partial charge < -0.3 is 14.6 Å². The third-order valence-corrected chi connectivity index (χ3v) is 7.08. The van der Waals surface area contributed by atoms with Gasteiger partial charge in [-0.15, -0.1) is 0 Å². The van der Waals surface area contributed by atoms with Crippen LogP contribution in [0.15, 0.2) is 66.7 Å². The van der Waals surface area contributed by atoms with Crippen molar-refractivity contribution in [2.75, 3.05) is 0 Å². The number of esters is 2. The van der Waals surface area contributed by atoms with Crippen molar-refractivity contribution in [1.82, 2.24) is 0 Å². The zero-order chi connectivity index (χ0) is 30.8. The number of ether oxygens (including phenoxy) is 2. The van der Waals surface area contributed by atoms with Crippen molar-refractivity contribution in [1.29, 1.82) is 0 Å². The number of phenolic OH excluding ortho intramolecular Hbond substituents is 1. The van der Waals surface area contributed by atoms with Crippen LogP contribution in [-0.2, 0) is 15.6 Å². The number of rotatable bonds is 6. The van der Waals surface area contributed by atoms with Crippen molar-refractivity contribution in [3.05, 3.63) is 89.0 Å². The topological polar surface area (TPSA) is 72.8 Å². The second-order valence-corrected chi connectivity index (χ2v) is 14.8. The van der Waals surface area contributed by atoms with E-state index < -0.39 is 11.9 Å². The van der Waals surface area contributed by atoms with Crippen LogP contribution >= 0.6 is 0 Å². The molecule has 4 rings (SSSR count). The Morgan fingerprint density at radius 3 is 1.46 bits per heavy atom. The summed E-state index contributed by atoms with van der Waals surface area (Å²) in [6.45, 7) is 22.5. The molecule has 0 aromatic heterocycles. The Hall–Kier alpha value is -3.60. The van der Waals surface area contributed by atoms with Crippen LogP contribution in [0.25, 0.3) is 0 Å². The van der Waals surface area contributed by atoms with Gasteiger partial charge in [-0.2, -0.15) is 0 Å². The average molecular weight is 559 g/mol. The summed E-state index contributed by atoms with van der Waals surface area (Å²) in [5.41, 5.74) is 3.85. The van der Waals surface area contributed by atoms with Crippen molar-refractivity contribution < 1.29 is 24.2 Å². The molecule has 0 aliphatic carbocycles. The van der Waals surface area contributed by atoms with Crippen molar-refractivity contribution in [3.63, 3.8) is 0 Å². The quantitative estimate of drug-likeness (QED) is 0.241. The highest BCUT2D eigenvalue weighted by atomic mass is 16.6. The highest BCUT2D eigenvalue weighted by molar-refractivity contribution is 6.14. The molecule has 3 aromatic rings. The number of aromatic hydroxyl groups is 1. The maximum atomic E-state index is 11.7. The lowest BCUT2D eigenvalue weighted by molar-refractivity contribution is 0.0443. The summed E-state index contributed by atoms with van der Waals surface area (Å²) >= 11 is 0. The van der Waals surface area contributed by atoms with Gasteiger partial charge in [0.2, 0.25) is 0 Å². The van der Waals surface area contributed by atoms with E-state index in [0.29, 0.717) is 22.7 Å². The van der Waals surface area contributed by atoms with Crippen molar-refractivity contribution >= 4 is 11.9 Å². The van der Waals surface area contributed by atoms with E-state index in [4.69, 9.17) is 4.74 Å². The van der Waals surface area contributed by atoms with Crippen LogP contribution in [0, 0.1) is 10.8 Å². The first-order valence-electron chi connectivity index (χ1n) is 14.2. The van der Waals surface area contributed by atoms with Crippen LogP contribution in [0.3, 0.4) is 0 Å². The van der Waals surface area contributed by atoms with Gasteiger partial charge >= 0.3 is 11.9 Å². The Morgan fingerprint density at radius 1 is 0.585 bits per heavy atom. The van der Waals surface area contributed by atoms with E-state index in [0.717, 1.165) is 12.8 Å². The largest absolute Gasteiger partial charge is 0.508 e. The summed E-state index contributed by atoms with van der Waals surface area (Å²) < 4.78 is 10.4. The highest BCUT2D eigenvalue weighted by Gasteiger charge is 2.30. The molecule has 41 heavy (non-hydrogen) atoms. The van der Waals surface area contributed by atoms with Crippen LogP contribution in [0.2, 0.25) is 0 Å². The molecule has 0 bridgehead atoms. The molecule has 0 fully saturated rings. The Balaban J connectivity index is 0.000000263. The molecule has 1 aliphatic rings. The van der Waals surface area contributed by atoms with E-state index >= 15 is 0 Å². The molecule has 0 saturated carbocycles. The third-order valence-electron chi connectivity index (χ3n) is 7.08. The van der Waals surface area contributed by atoms with E-state index in [2.05, 4.69) is 86.1 Å². The van der Waals surface area contributed by atoms with Crippen LogP contribution in [0.4, 0.5) is 0 Å². The number of hydrogen-bond acceptors (Lipinski definition) is 5. The van der Waals surface area contributed by atoms with Crippen LogP contribution in [0.1, 0.15) is 114 Å². The molecule has 1 N–H and O–H groups in total. The second kappa shape index (κ2) is 11.7. The maximum Gasteiger partial charge on any atom is 0.347 e. The molecule has 5 nitrogen and oxygen atoms in total. The number of fused-ring (bicyclic) bond motifs is 1. The normalized spacial score (nSPS) is 13.7. The predicted octanol–water partition coefficient (Wildman–Crippen LogP) is 9.61. The monoisotopic (exact) mass is 558 g/mol. The number of hydrogen-bond donors (Lipinski definition) is 1. The molecule has 3 aromatic carbocycles. The lowest BCUT2D eigenvalue weighted by Gasteiger charge is -2.33. The smallest absolute Gasteiger partial charge is 0.347 e. The van der Waals surface area contributed by atoms with Crippen LogP contribution in [-0.4, -0.2) is 17.0 Å². The van der Waals surface area contributed by atoms with Crippen LogP contribution < -0.4 is 4.74 Å². The van der Waals surface area contributed by atoms with Gasteiger partial charge in [0.1, 0.15) is 17.2 Å². The second-order valence-electron chi connectivity index (χ2n) is 14.8. The first kappa shape index (κ1) is 31.9. The highest BCUT2D eigenvalue weighted by Crippen LogP contribution is 2.38. The number of benzene rings is 3. The molecule has 0 atom stereocenters. The first-order valence-corrected chi connectivity index (χ1v) is 14.2. The molecule has 0 saturated heterocycles. The molecule has 0 unspecified atom stereocenters. The zero-order valence-corrected chi connectivity index (χ0v) is 26.3. The minimum absolute atomic E-state index is 0.0640. The number of carbonyl (C=O) groups excluding carboxylic acids is 2. The van der Waals surface area contributed by atoms with Gasteiger partial charge in [0.15, 0.2) is 0 Å². The standard InChI is InChI=1S/C22H24O4.C14H22O/c1-21(2,3)13-22(4,5)14-6-8-15(9-7-14)25-16-10-11-17-18(12-16)20(24)26-19(17)23;1-13(2,3)10-14(4,5)11-6-8-12(15)9-7-11/h6-12H,13H2,1-5H3;6-9,15H,10H2,1-5H3. The summed E-state index contributed by atoms with van der Waals surface area (Å²) in [6.07, 6.45) is 2.20. The minimum Gasteiger partial charge on any atom is -0.508 e. The summed E-state index contributed by atoms with van der Waals surface area (Å²) in [4.78, 5) is 23.1. The number of carbonyl (C=O) groups is 2. The van der Waals surface area contributed by atoms with E-state index in [9.17, 15) is 14.7 Å². The molecule has 0 radical (unpaired) electrons. The van der Waals surface area contributed by atoms with Gasteiger partial charge in [0, 0.05) is 0 Å². The van der Waals surface area contributed by atoms with E-state index in [1.54, 1.807) is 30.3 Å². The molecular weight excluding hydrogens is 512 g/mol. The molecule has 0 amide bonds. The molecule has 0 spiro atoms. The molecule has 1 heterocycles. The lowest BCUT2D eigenvalue weighted by Crippen LogP contribution is -2.24. The Labute approximate surface area is 245 Å². The summed E-state index contributed by atoms with van der Waals surface area (Å²) in [5.74, 6) is 0.275. The molecular formula is C36H46O5. The maximum absolute atomic E-state index is 11.7. The minimum atomic E-state index is -0.630. The third kappa shape index (κ3) is 8.94. The molecule has 5 heteroatoms. The first-order chi connectivity index (χ1) is 18.8. The van der Waals surface area contributed by atoms with Gasteiger partial charge in [0.05, 0.1) is 11.1 Å². The Kier molecular flexibility index (Phi) is 9.12. The fraction of sp³-hybridized carbons (Fsp3) is 0.444. The van der Waals surface area contributed by atoms with Gasteiger partial charge in [-0.3, -0.25) is 0 Å². The molecule has 220 valence electrons. The van der Waals surface area contributed by atoms with E-state index in [1.807, 2.05) is 24.3 Å². The summed E-state index contributed by atoms with van der Waals surface area (Å²) in [7, 11) is 0. The van der Waals surface area contributed by atoms with Crippen molar-refractivity contribution in [3.8, 4) is 17.2 Å². The summed E-state index contributed by atoms with van der Waals surface area (Å²) in [6, 6.07) is 20.3. The molecule has 1 aliphatic heterocycles. The van der Waals surface area contributed by atoms with Crippen LogP contribution in [0.5, 0.6) is 17.2 Å². The Bertz CT molecular complexity index is 1370. The van der Waals surface area contributed by atoms with Gasteiger partial charge in [0.25, 0.3) is 0 Å². The average Bonchev–Trinajstić information content (AvgIpc) is 3.10. The van der Waals surface area contributed by atoms with E-state index in [-0.39, 0.29) is 27.4 Å². The SMILES string of the molecule is CC(C)(C)CC(C)(C)c1ccc(O)cc1.CC(C)(C)CC(C)(C)c1ccc(Oc2ccc3c(c2)C(=O)OC3=O)cc1. The predicted molar refractivity (Wildman–Crippen MR) is 165 cm³/mol. The van der Waals surface area contributed by atoms with Gasteiger partial charge in [-0.1, -0.05) is 93.5 Å². The van der Waals surface area contributed by atoms with Gasteiger partial charge in [-0.05, 0) is 88.1 Å². The Morgan fingerprint density at radius 2 is 1.00 bits per heavy atom. The number of cyclic esters (lactones) is 2. The van der Waals surface area contributed by atoms with Gasteiger partial charge in [-0.25, -0.2) is 9.59 Å². The fourth-order valence-electron chi connectivity index (χ4n) is 6.01. The number of phenols is 1. The fourth-order valence-corrected chi connectivity index (χ4v) is 6.01. The lowest BCUT2D eigenvalue weighted by atomic mass is 9.72. The van der Waals surface area contributed by atoms with Crippen molar-refractivity contribution in [2.45, 2.75) is 92.9 Å². The van der Waals surface area contributed by atoms with Crippen molar-refractivity contribution in [2.24, 2.45) is 10.8 Å². The van der Waals surface area contributed by atoms with E-state index in [1.165, 1.54) is 11.1 Å². The summed E-state index contributed by atoms with van der Waals surface area (Å²) in [5, 5.41) is 9.25.